The van der Waals surface area contributed by atoms with Crippen LogP contribution in [0.2, 0.25) is 0 Å². The Morgan fingerprint density at radius 3 is 2.19 bits per heavy atom. The lowest BCUT2D eigenvalue weighted by atomic mass is 10.0. The maximum atomic E-state index is 13.3. The predicted molar refractivity (Wildman–Crippen MR) is 127 cm³/mol. The number of carbonyl (C=O) groups excluding carboxylic acids is 2. The Balaban J connectivity index is 1.91. The van der Waals surface area contributed by atoms with Gasteiger partial charge in [0.25, 0.3) is 11.8 Å². The lowest BCUT2D eigenvalue weighted by molar-refractivity contribution is -0.137. The van der Waals surface area contributed by atoms with Crippen LogP contribution in [0.25, 0.3) is 5.57 Å². The van der Waals surface area contributed by atoms with Gasteiger partial charge in [0.1, 0.15) is 11.4 Å². The van der Waals surface area contributed by atoms with Gasteiger partial charge in [-0.15, -0.1) is 0 Å². The van der Waals surface area contributed by atoms with Gasteiger partial charge in [-0.3, -0.25) is 14.5 Å². The fraction of sp³-hybridized carbons (Fsp3) is 0.360. The number of hydrogen-bond donors (Lipinski definition) is 1. The molecule has 0 unspecified atom stereocenters. The summed E-state index contributed by atoms with van der Waals surface area (Å²) in [7, 11) is 3.93. The van der Waals surface area contributed by atoms with E-state index in [0.717, 1.165) is 17.1 Å². The Morgan fingerprint density at radius 1 is 0.906 bits per heavy atom. The van der Waals surface area contributed by atoms with Gasteiger partial charge in [-0.25, -0.2) is 0 Å². The molecule has 1 aliphatic heterocycles. The molecule has 7 nitrogen and oxygen atoms in total. The van der Waals surface area contributed by atoms with Crippen LogP contribution in [0.1, 0.15) is 25.8 Å². The molecule has 1 heterocycles. The van der Waals surface area contributed by atoms with Crippen molar-refractivity contribution >= 4 is 28.8 Å². The molecule has 7 heteroatoms. The molecule has 2 aromatic rings. The van der Waals surface area contributed by atoms with Crippen LogP contribution in [0.15, 0.2) is 54.2 Å². The maximum Gasteiger partial charge on any atom is 0.278 e. The third kappa shape index (κ3) is 5.29. The van der Waals surface area contributed by atoms with Gasteiger partial charge >= 0.3 is 0 Å². The molecule has 170 valence electrons. The second-order valence-electron chi connectivity index (χ2n) is 7.59. The fourth-order valence-electron chi connectivity index (χ4n) is 3.50. The third-order valence-electron chi connectivity index (χ3n) is 5.15. The number of carbonyl (C=O) groups is 2. The van der Waals surface area contributed by atoms with E-state index >= 15 is 0 Å². The minimum Gasteiger partial charge on any atom is -0.494 e. The average Bonchev–Trinajstić information content (AvgIpc) is 3.02. The number of nitrogens with one attached hydrogen (secondary N) is 1. The monoisotopic (exact) mass is 437 g/mol. The zero-order chi connectivity index (χ0) is 23.1. The van der Waals surface area contributed by atoms with Crippen LogP contribution in [0.5, 0.6) is 5.75 Å². The fourth-order valence-corrected chi connectivity index (χ4v) is 3.50. The summed E-state index contributed by atoms with van der Waals surface area (Å²) < 4.78 is 10.9. The highest BCUT2D eigenvalue weighted by molar-refractivity contribution is 6.36. The molecule has 0 saturated heterocycles. The lowest BCUT2D eigenvalue weighted by Crippen LogP contribution is -2.34. The molecule has 0 fully saturated rings. The van der Waals surface area contributed by atoms with E-state index in [4.69, 9.17) is 9.47 Å². The topological polar surface area (TPSA) is 71.1 Å². The van der Waals surface area contributed by atoms with Crippen molar-refractivity contribution in [3.8, 4) is 5.75 Å². The largest absolute Gasteiger partial charge is 0.494 e. The normalized spacial score (nSPS) is 13.7. The highest BCUT2D eigenvalue weighted by Crippen LogP contribution is 2.32. The summed E-state index contributed by atoms with van der Waals surface area (Å²) >= 11 is 0. The summed E-state index contributed by atoms with van der Waals surface area (Å²) in [6.07, 6.45) is 0.590. The molecular formula is C25H31N3O4. The van der Waals surface area contributed by atoms with Crippen molar-refractivity contribution in [1.29, 1.82) is 0 Å². The van der Waals surface area contributed by atoms with Crippen molar-refractivity contribution in [3.05, 3.63) is 59.8 Å². The molecule has 0 spiro atoms. The first-order valence-corrected chi connectivity index (χ1v) is 10.9. The molecule has 3 rings (SSSR count). The van der Waals surface area contributed by atoms with Crippen LogP contribution in [0.4, 0.5) is 11.4 Å². The summed E-state index contributed by atoms with van der Waals surface area (Å²) in [6.45, 7) is 5.81. The number of benzene rings is 2. The summed E-state index contributed by atoms with van der Waals surface area (Å²) in [6, 6.07) is 15.0. The Morgan fingerprint density at radius 2 is 1.59 bits per heavy atom. The number of hydrogen-bond acceptors (Lipinski definition) is 6. The van der Waals surface area contributed by atoms with Gasteiger partial charge in [0.15, 0.2) is 0 Å². The summed E-state index contributed by atoms with van der Waals surface area (Å²) in [4.78, 5) is 29.8. The molecule has 0 atom stereocenters. The third-order valence-corrected chi connectivity index (χ3v) is 5.15. The van der Waals surface area contributed by atoms with Crippen LogP contribution in [0, 0.1) is 0 Å². The van der Waals surface area contributed by atoms with Gasteiger partial charge < -0.3 is 19.7 Å². The number of nitrogens with zero attached hydrogens (tertiary/aromatic N) is 2. The van der Waals surface area contributed by atoms with Gasteiger partial charge in [0.2, 0.25) is 0 Å². The van der Waals surface area contributed by atoms with Gasteiger partial charge in [-0.1, -0.05) is 12.1 Å². The number of amides is 2. The van der Waals surface area contributed by atoms with Crippen LogP contribution < -0.4 is 15.0 Å². The quantitative estimate of drug-likeness (QED) is 0.426. The Labute approximate surface area is 189 Å². The van der Waals surface area contributed by atoms with E-state index in [9.17, 15) is 9.59 Å². The first-order valence-electron chi connectivity index (χ1n) is 10.9. The smallest absolute Gasteiger partial charge is 0.278 e. The molecule has 2 amide bonds. The standard InChI is InChI=1S/C25H31N3O4/c1-5-31-17-7-16-28-24(29)22(18-8-14-21(15-9-18)32-6-2)23(25(28)30)26-19-10-12-20(13-11-19)27(3)4/h8-15,26H,5-7,16-17H2,1-4H3. The van der Waals surface area contributed by atoms with Crippen LogP contribution >= 0.6 is 0 Å². The van der Waals surface area contributed by atoms with Crippen molar-refractivity contribution in [2.24, 2.45) is 0 Å². The van der Waals surface area contributed by atoms with E-state index < -0.39 is 0 Å². The summed E-state index contributed by atoms with van der Waals surface area (Å²) in [5.41, 5.74) is 3.11. The van der Waals surface area contributed by atoms with Gasteiger partial charge in [0, 0.05) is 45.2 Å². The van der Waals surface area contributed by atoms with Crippen molar-refractivity contribution in [2.75, 3.05) is 50.7 Å². The minimum atomic E-state index is -0.327. The molecule has 0 aliphatic carbocycles. The number of anilines is 2. The predicted octanol–water partition coefficient (Wildman–Crippen LogP) is 3.77. The number of ether oxygens (including phenoxy) is 2. The van der Waals surface area contributed by atoms with Crippen molar-refractivity contribution < 1.29 is 19.1 Å². The van der Waals surface area contributed by atoms with Gasteiger partial charge in [0.05, 0.1) is 12.2 Å². The molecule has 1 N–H and O–H groups in total. The van der Waals surface area contributed by atoms with Crippen molar-refractivity contribution in [2.45, 2.75) is 20.3 Å². The first kappa shape index (κ1) is 23.3. The number of rotatable bonds is 11. The molecule has 0 aromatic heterocycles. The molecular weight excluding hydrogens is 406 g/mol. The van der Waals surface area contributed by atoms with Crippen molar-refractivity contribution in [3.63, 3.8) is 0 Å². The Bertz CT molecular complexity index is 966. The molecule has 32 heavy (non-hydrogen) atoms. The van der Waals surface area contributed by atoms with Crippen LogP contribution in [-0.2, 0) is 14.3 Å². The minimum absolute atomic E-state index is 0.285. The molecule has 0 radical (unpaired) electrons. The molecule has 2 aromatic carbocycles. The Hall–Kier alpha value is -3.32. The maximum absolute atomic E-state index is 13.3. The van der Waals surface area contributed by atoms with E-state index in [2.05, 4.69) is 5.32 Å². The SMILES string of the molecule is CCOCCCN1C(=O)C(Nc2ccc(N(C)C)cc2)=C(c2ccc(OCC)cc2)C1=O. The van der Waals surface area contributed by atoms with E-state index in [1.165, 1.54) is 4.90 Å². The highest BCUT2D eigenvalue weighted by atomic mass is 16.5. The van der Waals surface area contributed by atoms with E-state index in [-0.39, 0.29) is 17.5 Å². The highest BCUT2D eigenvalue weighted by Gasteiger charge is 2.38. The summed E-state index contributed by atoms with van der Waals surface area (Å²) in [5.74, 6) is 0.0890. The molecule has 0 bridgehead atoms. The second kappa shape index (κ2) is 10.8. The molecule has 1 aliphatic rings. The Kier molecular flexibility index (Phi) is 7.89. The average molecular weight is 438 g/mol. The van der Waals surface area contributed by atoms with E-state index in [1.807, 2.05) is 81.4 Å². The zero-order valence-corrected chi connectivity index (χ0v) is 19.2. The zero-order valence-electron chi connectivity index (χ0n) is 19.2. The van der Waals surface area contributed by atoms with Crippen molar-refractivity contribution in [1.82, 2.24) is 4.90 Å². The van der Waals surface area contributed by atoms with Gasteiger partial charge in [-0.2, -0.15) is 0 Å². The van der Waals surface area contributed by atoms with E-state index in [0.29, 0.717) is 43.9 Å². The number of imide groups is 1. The van der Waals surface area contributed by atoms with Crippen LogP contribution in [0.3, 0.4) is 0 Å². The summed E-state index contributed by atoms with van der Waals surface area (Å²) in [5, 5.41) is 3.19. The van der Waals surface area contributed by atoms with Gasteiger partial charge in [-0.05, 0) is 62.2 Å². The lowest BCUT2D eigenvalue weighted by Gasteiger charge is -2.16. The van der Waals surface area contributed by atoms with Crippen LogP contribution in [-0.4, -0.2) is 57.2 Å². The molecule has 0 saturated carbocycles. The first-order chi connectivity index (χ1) is 15.5. The second-order valence-corrected chi connectivity index (χ2v) is 7.59. The van der Waals surface area contributed by atoms with E-state index in [1.54, 1.807) is 0 Å².